The van der Waals surface area contributed by atoms with Crippen LogP contribution in [0.4, 0.5) is 11.6 Å². The first-order chi connectivity index (χ1) is 8.04. The van der Waals surface area contributed by atoms with Gasteiger partial charge >= 0.3 is 0 Å². The monoisotopic (exact) mass is 311 g/mol. The minimum absolute atomic E-state index is 0.395. The second kappa shape index (κ2) is 5.02. The number of aromatic nitrogens is 2. The summed E-state index contributed by atoms with van der Waals surface area (Å²) in [6, 6.07) is 6.18. The summed E-state index contributed by atoms with van der Waals surface area (Å²) in [4.78, 5) is 8.26. The van der Waals surface area contributed by atoms with E-state index in [0.29, 0.717) is 15.6 Å². The zero-order chi connectivity index (χ0) is 12.4. The molecule has 88 valence electrons. The maximum absolute atomic E-state index is 5.90. The van der Waals surface area contributed by atoms with Gasteiger partial charge in [-0.15, -0.1) is 0 Å². The van der Waals surface area contributed by atoms with Gasteiger partial charge in [0.05, 0.1) is 4.47 Å². The first-order valence-electron chi connectivity index (χ1n) is 5.08. The number of hydrogen-bond donors (Lipinski definition) is 1. The van der Waals surface area contributed by atoms with Gasteiger partial charge in [0.1, 0.15) is 5.15 Å². The topological polar surface area (TPSA) is 37.8 Å². The second-order valence-electron chi connectivity index (χ2n) is 3.83. The van der Waals surface area contributed by atoms with Crippen molar-refractivity contribution in [3.8, 4) is 0 Å². The summed E-state index contributed by atoms with van der Waals surface area (Å²) in [5.74, 6) is 0.489. The minimum atomic E-state index is 0.395. The van der Waals surface area contributed by atoms with Crippen LogP contribution in [0.1, 0.15) is 11.1 Å². The van der Waals surface area contributed by atoms with Crippen molar-refractivity contribution < 1.29 is 0 Å². The summed E-state index contributed by atoms with van der Waals surface area (Å²) in [5, 5.41) is 3.52. The molecule has 1 aromatic heterocycles. The van der Waals surface area contributed by atoms with Gasteiger partial charge in [-0.1, -0.05) is 17.7 Å². The number of rotatable bonds is 2. The van der Waals surface area contributed by atoms with Crippen molar-refractivity contribution in [3.05, 3.63) is 45.1 Å². The highest BCUT2D eigenvalue weighted by atomic mass is 79.9. The Bertz CT molecular complexity index is 537. The van der Waals surface area contributed by atoms with Crippen LogP contribution in [0.15, 0.2) is 28.9 Å². The number of benzene rings is 1. The molecule has 0 amide bonds. The van der Waals surface area contributed by atoms with Crippen LogP contribution in [-0.4, -0.2) is 9.97 Å². The minimum Gasteiger partial charge on any atom is -0.324 e. The van der Waals surface area contributed by atoms with Crippen molar-refractivity contribution in [1.82, 2.24) is 9.97 Å². The summed E-state index contributed by atoms with van der Waals surface area (Å²) in [7, 11) is 0. The van der Waals surface area contributed by atoms with Gasteiger partial charge in [-0.2, -0.15) is 4.98 Å². The number of nitrogens with zero attached hydrogens (tertiary/aromatic N) is 2. The number of hydrogen-bond acceptors (Lipinski definition) is 3. The van der Waals surface area contributed by atoms with Gasteiger partial charge in [0.15, 0.2) is 0 Å². The third-order valence-electron chi connectivity index (χ3n) is 2.18. The molecule has 0 fully saturated rings. The predicted octanol–water partition coefficient (Wildman–Crippen LogP) is 4.25. The van der Waals surface area contributed by atoms with Crippen LogP contribution in [0, 0.1) is 13.8 Å². The lowest BCUT2D eigenvalue weighted by Crippen LogP contribution is -1.97. The van der Waals surface area contributed by atoms with E-state index in [1.54, 1.807) is 6.20 Å². The number of halogens is 2. The van der Waals surface area contributed by atoms with Crippen LogP contribution >= 0.6 is 27.5 Å². The van der Waals surface area contributed by atoms with Crippen LogP contribution in [-0.2, 0) is 0 Å². The summed E-state index contributed by atoms with van der Waals surface area (Å²) >= 11 is 9.16. The summed E-state index contributed by atoms with van der Waals surface area (Å²) in [6.07, 6.45) is 1.63. The van der Waals surface area contributed by atoms with Crippen molar-refractivity contribution in [2.24, 2.45) is 0 Å². The fourth-order valence-electron chi connectivity index (χ4n) is 1.58. The van der Waals surface area contributed by atoms with Gasteiger partial charge in [0, 0.05) is 11.9 Å². The Morgan fingerprint density at radius 2 is 1.82 bits per heavy atom. The second-order valence-corrected chi connectivity index (χ2v) is 5.05. The molecule has 0 unspecified atom stereocenters. The van der Waals surface area contributed by atoms with Gasteiger partial charge in [0.2, 0.25) is 5.95 Å². The molecule has 0 saturated heterocycles. The molecule has 2 rings (SSSR count). The van der Waals surface area contributed by atoms with Gasteiger partial charge in [-0.25, -0.2) is 4.98 Å². The third-order valence-corrected chi connectivity index (χ3v) is 3.28. The molecular weight excluding hydrogens is 302 g/mol. The molecule has 1 N–H and O–H groups in total. The van der Waals surface area contributed by atoms with E-state index in [1.807, 2.05) is 26.0 Å². The maximum atomic E-state index is 5.90. The van der Waals surface area contributed by atoms with E-state index >= 15 is 0 Å². The van der Waals surface area contributed by atoms with E-state index < -0.39 is 0 Å². The Kier molecular flexibility index (Phi) is 3.64. The summed E-state index contributed by atoms with van der Waals surface area (Å²) in [5.41, 5.74) is 3.34. The molecule has 17 heavy (non-hydrogen) atoms. The molecular formula is C12H11BrClN3. The smallest absolute Gasteiger partial charge is 0.228 e. The lowest BCUT2D eigenvalue weighted by atomic mass is 10.1. The lowest BCUT2D eigenvalue weighted by Gasteiger charge is -2.07. The van der Waals surface area contributed by atoms with Crippen LogP contribution in [0.2, 0.25) is 5.15 Å². The third kappa shape index (κ3) is 3.17. The molecule has 5 heteroatoms. The average molecular weight is 313 g/mol. The van der Waals surface area contributed by atoms with Crippen LogP contribution in [0.25, 0.3) is 0 Å². The standard InChI is InChI=1S/C12H11BrClN3/c1-7-3-8(2)5-9(4-7)16-12-15-6-10(13)11(14)17-12/h3-6H,1-2H3,(H,15,16,17). The Morgan fingerprint density at radius 1 is 1.18 bits per heavy atom. The Balaban J connectivity index is 2.28. The van der Waals surface area contributed by atoms with Crippen molar-refractivity contribution in [3.63, 3.8) is 0 Å². The van der Waals surface area contributed by atoms with Crippen LogP contribution in [0.5, 0.6) is 0 Å². The molecule has 0 aliphatic carbocycles. The normalized spacial score (nSPS) is 10.4. The van der Waals surface area contributed by atoms with Crippen molar-refractivity contribution in [1.29, 1.82) is 0 Å². The molecule has 0 aliphatic rings. The zero-order valence-corrected chi connectivity index (χ0v) is 11.8. The summed E-state index contributed by atoms with van der Waals surface area (Å²) in [6.45, 7) is 4.10. The molecule has 0 radical (unpaired) electrons. The summed E-state index contributed by atoms with van der Waals surface area (Å²) < 4.78 is 0.685. The van der Waals surface area contributed by atoms with Gasteiger partial charge in [-0.3, -0.25) is 0 Å². The quantitative estimate of drug-likeness (QED) is 0.842. The molecule has 0 saturated carbocycles. The fraction of sp³-hybridized carbons (Fsp3) is 0.167. The lowest BCUT2D eigenvalue weighted by molar-refractivity contribution is 1.15. The zero-order valence-electron chi connectivity index (χ0n) is 9.46. The number of nitrogens with one attached hydrogen (secondary N) is 1. The Labute approximate surface area is 113 Å². The molecule has 0 spiro atoms. The molecule has 1 heterocycles. The molecule has 2 aromatic rings. The molecule has 1 aromatic carbocycles. The van der Waals surface area contributed by atoms with E-state index in [4.69, 9.17) is 11.6 Å². The van der Waals surface area contributed by atoms with Crippen LogP contribution < -0.4 is 5.32 Å². The predicted molar refractivity (Wildman–Crippen MR) is 73.9 cm³/mol. The van der Waals surface area contributed by atoms with E-state index in [1.165, 1.54) is 11.1 Å². The average Bonchev–Trinajstić information content (AvgIpc) is 2.22. The molecule has 0 atom stereocenters. The number of anilines is 2. The maximum Gasteiger partial charge on any atom is 0.228 e. The fourth-order valence-corrected chi connectivity index (χ4v) is 1.90. The van der Waals surface area contributed by atoms with Gasteiger partial charge in [0.25, 0.3) is 0 Å². The SMILES string of the molecule is Cc1cc(C)cc(Nc2ncc(Br)c(Cl)n2)c1. The van der Waals surface area contributed by atoms with Crippen molar-refractivity contribution in [2.45, 2.75) is 13.8 Å². The molecule has 0 aliphatic heterocycles. The van der Waals surface area contributed by atoms with Crippen molar-refractivity contribution >= 4 is 39.2 Å². The van der Waals surface area contributed by atoms with Gasteiger partial charge < -0.3 is 5.32 Å². The highest BCUT2D eigenvalue weighted by Gasteiger charge is 2.03. The van der Waals surface area contributed by atoms with E-state index in [2.05, 4.69) is 37.3 Å². The van der Waals surface area contributed by atoms with Crippen LogP contribution in [0.3, 0.4) is 0 Å². The first-order valence-corrected chi connectivity index (χ1v) is 6.25. The molecule has 0 bridgehead atoms. The van der Waals surface area contributed by atoms with E-state index in [-0.39, 0.29) is 0 Å². The van der Waals surface area contributed by atoms with Crippen molar-refractivity contribution in [2.75, 3.05) is 5.32 Å². The van der Waals surface area contributed by atoms with E-state index in [0.717, 1.165) is 5.69 Å². The highest BCUT2D eigenvalue weighted by Crippen LogP contribution is 2.22. The Morgan fingerprint density at radius 3 is 2.41 bits per heavy atom. The first kappa shape index (κ1) is 12.3. The Hall–Kier alpha value is -1.13. The highest BCUT2D eigenvalue weighted by molar-refractivity contribution is 9.10. The van der Waals surface area contributed by atoms with E-state index in [9.17, 15) is 0 Å². The largest absolute Gasteiger partial charge is 0.324 e. The molecule has 3 nitrogen and oxygen atoms in total. The van der Waals surface area contributed by atoms with Gasteiger partial charge in [-0.05, 0) is 53.0 Å². The number of aryl methyl sites for hydroxylation is 2.